The van der Waals surface area contributed by atoms with Crippen molar-refractivity contribution in [2.24, 2.45) is 0 Å². The van der Waals surface area contributed by atoms with Gasteiger partial charge in [0.15, 0.2) is 9.84 Å². The molecular formula is C17H23NO5S. The zero-order chi connectivity index (χ0) is 17.7. The van der Waals surface area contributed by atoms with Crippen LogP contribution in [0.5, 0.6) is 0 Å². The normalized spacial score (nSPS) is 18.4. The number of amides is 1. The van der Waals surface area contributed by atoms with Gasteiger partial charge in [-0.3, -0.25) is 4.79 Å². The Labute approximate surface area is 142 Å². The summed E-state index contributed by atoms with van der Waals surface area (Å²) >= 11 is 0. The summed E-state index contributed by atoms with van der Waals surface area (Å²) in [5, 5.41) is 9.26. The zero-order valence-electron chi connectivity index (χ0n) is 13.8. The summed E-state index contributed by atoms with van der Waals surface area (Å²) in [4.78, 5) is 25.4. The van der Waals surface area contributed by atoms with Crippen molar-refractivity contribution in [2.45, 2.75) is 50.0 Å². The molecule has 0 saturated carbocycles. The third-order valence-electron chi connectivity index (χ3n) is 4.28. The summed E-state index contributed by atoms with van der Waals surface area (Å²) in [6, 6.07) is 4.98. The van der Waals surface area contributed by atoms with E-state index in [1.165, 1.54) is 29.2 Å². The van der Waals surface area contributed by atoms with Crippen molar-refractivity contribution in [2.75, 3.05) is 12.3 Å². The molecule has 1 atom stereocenters. The van der Waals surface area contributed by atoms with Gasteiger partial charge in [0, 0.05) is 12.1 Å². The Morgan fingerprint density at radius 2 is 1.88 bits per heavy atom. The lowest BCUT2D eigenvalue weighted by Crippen LogP contribution is -2.47. The molecule has 7 heteroatoms. The average molecular weight is 353 g/mol. The predicted molar refractivity (Wildman–Crippen MR) is 89.7 cm³/mol. The Morgan fingerprint density at radius 1 is 1.21 bits per heavy atom. The number of benzene rings is 1. The lowest BCUT2D eigenvalue weighted by Gasteiger charge is -2.33. The monoisotopic (exact) mass is 353 g/mol. The molecule has 0 aromatic heterocycles. The van der Waals surface area contributed by atoms with E-state index in [1.807, 2.05) is 6.92 Å². The van der Waals surface area contributed by atoms with Gasteiger partial charge in [-0.05, 0) is 49.9 Å². The van der Waals surface area contributed by atoms with Crippen LogP contribution in [-0.2, 0) is 14.6 Å². The van der Waals surface area contributed by atoms with Gasteiger partial charge in [0.05, 0.1) is 10.6 Å². The van der Waals surface area contributed by atoms with E-state index in [2.05, 4.69) is 0 Å². The number of carbonyl (C=O) groups excluding carboxylic acids is 1. The van der Waals surface area contributed by atoms with Crippen LogP contribution in [0.4, 0.5) is 0 Å². The molecule has 6 nitrogen and oxygen atoms in total. The highest BCUT2D eigenvalue weighted by molar-refractivity contribution is 7.91. The largest absolute Gasteiger partial charge is 0.480 e. The fourth-order valence-corrected chi connectivity index (χ4v) is 4.31. The van der Waals surface area contributed by atoms with Crippen LogP contribution in [0.2, 0.25) is 0 Å². The number of hydrogen-bond donors (Lipinski definition) is 1. The molecule has 1 aliphatic rings. The number of aliphatic carboxylic acids is 1. The topological polar surface area (TPSA) is 91.8 Å². The Hall–Kier alpha value is -1.89. The number of carboxylic acid groups (broad SMARTS) is 1. The molecule has 1 amide bonds. The number of nitrogens with zero attached hydrogens (tertiary/aromatic N) is 1. The molecule has 132 valence electrons. The standard InChI is InChI=1S/C17H23NO5S/c1-2-3-12-24(22,23)14-9-7-13(8-10-14)16(19)18-11-5-4-6-15(18)17(20)21/h7-10,15H,2-6,11-12H2,1H3,(H,20,21). The van der Waals surface area contributed by atoms with Gasteiger partial charge in [0.2, 0.25) is 0 Å². The molecule has 0 aliphatic carbocycles. The maximum absolute atomic E-state index is 12.6. The molecule has 2 rings (SSSR count). The summed E-state index contributed by atoms with van der Waals surface area (Å²) in [6.45, 7) is 2.33. The summed E-state index contributed by atoms with van der Waals surface area (Å²) in [7, 11) is -3.33. The highest BCUT2D eigenvalue weighted by atomic mass is 32.2. The molecule has 0 radical (unpaired) electrons. The SMILES string of the molecule is CCCCS(=O)(=O)c1ccc(C(=O)N2CCCCC2C(=O)O)cc1. The Bertz CT molecular complexity index is 696. The van der Waals surface area contributed by atoms with Crippen LogP contribution in [0.25, 0.3) is 0 Å². The van der Waals surface area contributed by atoms with E-state index >= 15 is 0 Å². The number of likely N-dealkylation sites (tertiary alicyclic amines) is 1. The van der Waals surface area contributed by atoms with Crippen molar-refractivity contribution in [3.05, 3.63) is 29.8 Å². The van der Waals surface area contributed by atoms with E-state index in [1.54, 1.807) is 0 Å². The molecule has 0 bridgehead atoms. The smallest absolute Gasteiger partial charge is 0.326 e. The first-order valence-electron chi connectivity index (χ1n) is 8.23. The van der Waals surface area contributed by atoms with Crippen LogP contribution in [0, 0.1) is 0 Å². The average Bonchev–Trinajstić information content (AvgIpc) is 2.59. The molecule has 1 aromatic carbocycles. The van der Waals surface area contributed by atoms with Gasteiger partial charge in [-0.25, -0.2) is 13.2 Å². The molecule has 1 heterocycles. The van der Waals surface area contributed by atoms with E-state index in [-0.39, 0.29) is 16.6 Å². The van der Waals surface area contributed by atoms with Crippen LogP contribution in [0.3, 0.4) is 0 Å². The van der Waals surface area contributed by atoms with Crippen LogP contribution in [0.1, 0.15) is 49.4 Å². The number of carbonyl (C=O) groups is 2. The minimum Gasteiger partial charge on any atom is -0.480 e. The van der Waals surface area contributed by atoms with E-state index in [0.29, 0.717) is 24.9 Å². The predicted octanol–water partition coefficient (Wildman–Crippen LogP) is 2.34. The molecule has 1 unspecified atom stereocenters. The van der Waals surface area contributed by atoms with Gasteiger partial charge in [-0.2, -0.15) is 0 Å². The molecule has 1 aromatic rings. The number of sulfone groups is 1. The number of carboxylic acids is 1. The van der Waals surface area contributed by atoms with Gasteiger partial charge in [-0.1, -0.05) is 13.3 Å². The molecule has 1 fully saturated rings. The van der Waals surface area contributed by atoms with Crippen LogP contribution in [0.15, 0.2) is 29.2 Å². The Balaban J connectivity index is 2.18. The summed E-state index contributed by atoms with van der Waals surface area (Å²) in [5.74, 6) is -1.27. The number of hydrogen-bond acceptors (Lipinski definition) is 4. The maximum Gasteiger partial charge on any atom is 0.326 e. The van der Waals surface area contributed by atoms with Crippen LogP contribution < -0.4 is 0 Å². The van der Waals surface area contributed by atoms with Gasteiger partial charge >= 0.3 is 5.97 Å². The molecule has 1 N–H and O–H groups in total. The molecule has 24 heavy (non-hydrogen) atoms. The van der Waals surface area contributed by atoms with Crippen LogP contribution in [-0.4, -0.2) is 48.6 Å². The highest BCUT2D eigenvalue weighted by Gasteiger charge is 2.32. The second kappa shape index (κ2) is 7.79. The van der Waals surface area contributed by atoms with Gasteiger partial charge < -0.3 is 10.0 Å². The first kappa shape index (κ1) is 18.4. The molecular weight excluding hydrogens is 330 g/mol. The number of piperidine rings is 1. The van der Waals surface area contributed by atoms with Crippen molar-refractivity contribution >= 4 is 21.7 Å². The first-order chi connectivity index (χ1) is 11.4. The van der Waals surface area contributed by atoms with Gasteiger partial charge in [-0.15, -0.1) is 0 Å². The fourth-order valence-electron chi connectivity index (χ4n) is 2.85. The molecule has 0 spiro atoms. The van der Waals surface area contributed by atoms with E-state index in [9.17, 15) is 23.1 Å². The fraction of sp³-hybridized carbons (Fsp3) is 0.529. The lowest BCUT2D eigenvalue weighted by atomic mass is 10.0. The molecule has 1 saturated heterocycles. The van der Waals surface area contributed by atoms with E-state index in [4.69, 9.17) is 0 Å². The van der Waals surface area contributed by atoms with Crippen molar-refractivity contribution in [1.29, 1.82) is 0 Å². The minimum absolute atomic E-state index is 0.0873. The minimum atomic E-state index is -3.33. The van der Waals surface area contributed by atoms with Crippen molar-refractivity contribution in [1.82, 2.24) is 4.90 Å². The van der Waals surface area contributed by atoms with E-state index in [0.717, 1.165) is 19.3 Å². The third-order valence-corrected chi connectivity index (χ3v) is 6.09. The first-order valence-corrected chi connectivity index (χ1v) is 9.88. The maximum atomic E-state index is 12.6. The summed E-state index contributed by atoms with van der Waals surface area (Å²) in [6.07, 6.45) is 3.40. The molecule has 1 aliphatic heterocycles. The quantitative estimate of drug-likeness (QED) is 0.847. The van der Waals surface area contributed by atoms with Gasteiger partial charge in [0.25, 0.3) is 5.91 Å². The second-order valence-electron chi connectivity index (χ2n) is 6.05. The lowest BCUT2D eigenvalue weighted by molar-refractivity contribution is -0.143. The van der Waals surface area contributed by atoms with Crippen molar-refractivity contribution in [3.8, 4) is 0 Å². The highest BCUT2D eigenvalue weighted by Crippen LogP contribution is 2.21. The Morgan fingerprint density at radius 3 is 2.46 bits per heavy atom. The van der Waals surface area contributed by atoms with Crippen molar-refractivity contribution in [3.63, 3.8) is 0 Å². The summed E-state index contributed by atoms with van der Waals surface area (Å²) < 4.78 is 24.3. The zero-order valence-corrected chi connectivity index (χ0v) is 14.6. The Kier molecular flexibility index (Phi) is 5.99. The number of unbranched alkanes of at least 4 members (excludes halogenated alkanes) is 1. The second-order valence-corrected chi connectivity index (χ2v) is 8.15. The number of rotatable bonds is 6. The third kappa shape index (κ3) is 4.14. The summed E-state index contributed by atoms with van der Waals surface area (Å²) in [5.41, 5.74) is 0.317. The van der Waals surface area contributed by atoms with Crippen LogP contribution >= 0.6 is 0 Å². The van der Waals surface area contributed by atoms with Crippen molar-refractivity contribution < 1.29 is 23.1 Å². The van der Waals surface area contributed by atoms with Gasteiger partial charge in [0.1, 0.15) is 6.04 Å². The van der Waals surface area contributed by atoms with E-state index < -0.39 is 21.8 Å².